The molecule has 1 N–H and O–H groups in total. The van der Waals surface area contributed by atoms with Crippen LogP contribution in [0.3, 0.4) is 0 Å². The highest BCUT2D eigenvalue weighted by atomic mass is 35.5. The van der Waals surface area contributed by atoms with Crippen molar-refractivity contribution in [1.82, 2.24) is 9.29 Å². The molecule has 2 aliphatic rings. The topological polar surface area (TPSA) is 65.5 Å². The summed E-state index contributed by atoms with van der Waals surface area (Å²) in [7, 11) is -3.69. The summed E-state index contributed by atoms with van der Waals surface area (Å²) >= 11 is 5.75. The number of halogens is 4. The van der Waals surface area contributed by atoms with Crippen LogP contribution in [-0.2, 0) is 22.6 Å². The molecule has 0 amide bonds. The number of pyridine rings is 1. The molecule has 0 bridgehead atoms. The number of benzene rings is 1. The molecule has 1 aromatic carbocycles. The highest BCUT2D eigenvalue weighted by Gasteiger charge is 2.34. The summed E-state index contributed by atoms with van der Waals surface area (Å²) < 4.78 is 66.3. The van der Waals surface area contributed by atoms with Gasteiger partial charge in [0.05, 0.1) is 10.5 Å². The molecule has 0 atom stereocenters. The van der Waals surface area contributed by atoms with Gasteiger partial charge in [-0.05, 0) is 36.2 Å². The Kier molecular flexibility index (Phi) is 5.12. The Hall–Kier alpha value is -2.04. The van der Waals surface area contributed by atoms with Gasteiger partial charge in [0.25, 0.3) is 0 Å². The van der Waals surface area contributed by atoms with Crippen molar-refractivity contribution in [3.05, 3.63) is 46.6 Å². The minimum atomic E-state index is -4.53. The second kappa shape index (κ2) is 7.33. The van der Waals surface area contributed by atoms with Crippen LogP contribution in [0.1, 0.15) is 11.1 Å². The number of anilines is 2. The fraction of sp³-hybridized carbons (Fsp3) is 0.389. The molecule has 3 heterocycles. The van der Waals surface area contributed by atoms with Gasteiger partial charge in [-0.15, -0.1) is 0 Å². The van der Waals surface area contributed by atoms with Gasteiger partial charge in [0.2, 0.25) is 10.0 Å². The Bertz CT molecular complexity index is 1040. The van der Waals surface area contributed by atoms with Crippen LogP contribution < -0.4 is 10.2 Å². The lowest BCUT2D eigenvalue weighted by atomic mass is 10.2. The maximum atomic E-state index is 13.0. The van der Waals surface area contributed by atoms with Crippen LogP contribution in [0.5, 0.6) is 0 Å². The molecule has 11 heteroatoms. The van der Waals surface area contributed by atoms with Crippen molar-refractivity contribution in [2.24, 2.45) is 0 Å². The van der Waals surface area contributed by atoms with Gasteiger partial charge in [0.15, 0.2) is 0 Å². The molecule has 0 radical (unpaired) electrons. The Balaban J connectivity index is 1.50. The van der Waals surface area contributed by atoms with Gasteiger partial charge >= 0.3 is 6.18 Å². The summed E-state index contributed by atoms with van der Waals surface area (Å²) in [6, 6.07) is 6.75. The number of nitrogens with one attached hydrogen (secondary N) is 1. The molecule has 0 aliphatic carbocycles. The number of rotatable bonds is 3. The first-order valence-electron chi connectivity index (χ1n) is 9.01. The zero-order valence-corrected chi connectivity index (χ0v) is 16.8. The fourth-order valence-corrected chi connectivity index (χ4v) is 5.20. The number of fused-ring (bicyclic) bond motifs is 1. The van der Waals surface area contributed by atoms with Gasteiger partial charge < -0.3 is 10.2 Å². The van der Waals surface area contributed by atoms with Crippen LogP contribution in [-0.4, -0.2) is 50.4 Å². The van der Waals surface area contributed by atoms with Crippen LogP contribution in [0.2, 0.25) is 5.15 Å². The Morgan fingerprint density at radius 2 is 1.79 bits per heavy atom. The van der Waals surface area contributed by atoms with E-state index in [1.54, 1.807) is 17.0 Å². The second-order valence-electron chi connectivity index (χ2n) is 6.92. The number of hydrogen-bond donors (Lipinski definition) is 1. The van der Waals surface area contributed by atoms with Crippen LogP contribution in [0.4, 0.5) is 24.7 Å². The van der Waals surface area contributed by atoms with Crippen molar-refractivity contribution in [1.29, 1.82) is 0 Å². The van der Waals surface area contributed by atoms with Crippen molar-refractivity contribution < 1.29 is 21.6 Å². The first-order valence-corrected chi connectivity index (χ1v) is 10.8. The van der Waals surface area contributed by atoms with Crippen LogP contribution >= 0.6 is 11.6 Å². The third kappa shape index (κ3) is 4.01. The molecule has 6 nitrogen and oxygen atoms in total. The molecule has 156 valence electrons. The summed E-state index contributed by atoms with van der Waals surface area (Å²) in [5.74, 6) is 0.0867. The first kappa shape index (κ1) is 20.2. The summed E-state index contributed by atoms with van der Waals surface area (Å²) in [6.45, 7) is 1.50. The standard InChI is InChI=1S/C18H18ClF3N4O2S/c19-16-9-13(18(20,21)22)10-17(24-16)25-5-7-26(8-6-25)29(27,28)14-2-1-12-3-4-23-15(12)11-14/h1-2,9-11,23H,3-8H2. The minimum Gasteiger partial charge on any atom is -0.384 e. The lowest BCUT2D eigenvalue weighted by molar-refractivity contribution is -0.137. The predicted octanol–water partition coefficient (Wildman–Crippen LogP) is 3.23. The number of nitrogens with zero attached hydrogens (tertiary/aromatic N) is 3. The first-order chi connectivity index (χ1) is 13.6. The van der Waals surface area contributed by atoms with Crippen LogP contribution in [0.25, 0.3) is 0 Å². The zero-order chi connectivity index (χ0) is 20.8. The van der Waals surface area contributed by atoms with E-state index in [-0.39, 0.29) is 42.0 Å². The molecule has 1 fully saturated rings. The molecular formula is C18H18ClF3N4O2S. The van der Waals surface area contributed by atoms with E-state index in [9.17, 15) is 21.6 Å². The molecule has 0 unspecified atom stereocenters. The number of alkyl halides is 3. The predicted molar refractivity (Wildman–Crippen MR) is 104 cm³/mol. The molecule has 2 aromatic rings. The van der Waals surface area contributed by atoms with Gasteiger partial charge in [-0.2, -0.15) is 17.5 Å². The van der Waals surface area contributed by atoms with Crippen molar-refractivity contribution in [2.45, 2.75) is 17.5 Å². The van der Waals surface area contributed by atoms with Gasteiger partial charge in [0, 0.05) is 38.4 Å². The molecule has 1 aromatic heterocycles. The van der Waals surface area contributed by atoms with Gasteiger partial charge in [-0.25, -0.2) is 13.4 Å². The molecule has 29 heavy (non-hydrogen) atoms. The van der Waals surface area contributed by atoms with E-state index >= 15 is 0 Å². The number of aromatic nitrogens is 1. The van der Waals surface area contributed by atoms with E-state index < -0.39 is 21.8 Å². The molecular weight excluding hydrogens is 429 g/mol. The second-order valence-corrected chi connectivity index (χ2v) is 9.25. The zero-order valence-electron chi connectivity index (χ0n) is 15.2. The molecule has 0 saturated carbocycles. The largest absolute Gasteiger partial charge is 0.416 e. The Morgan fingerprint density at radius 3 is 2.48 bits per heavy atom. The van der Waals surface area contributed by atoms with Gasteiger partial charge in [0.1, 0.15) is 11.0 Å². The van der Waals surface area contributed by atoms with Gasteiger partial charge in [-0.1, -0.05) is 17.7 Å². The van der Waals surface area contributed by atoms with Gasteiger partial charge in [-0.3, -0.25) is 0 Å². The quantitative estimate of drug-likeness (QED) is 0.733. The van der Waals surface area contributed by atoms with E-state index in [1.807, 2.05) is 6.07 Å². The number of piperazine rings is 1. The van der Waals surface area contributed by atoms with Crippen molar-refractivity contribution in [3.63, 3.8) is 0 Å². The minimum absolute atomic E-state index is 0.0867. The smallest absolute Gasteiger partial charge is 0.384 e. The highest BCUT2D eigenvalue weighted by Crippen LogP contribution is 2.33. The fourth-order valence-electron chi connectivity index (χ4n) is 3.55. The van der Waals surface area contributed by atoms with E-state index in [0.29, 0.717) is 0 Å². The summed E-state index contributed by atoms with van der Waals surface area (Å²) in [4.78, 5) is 5.79. The SMILES string of the molecule is O=S(=O)(c1ccc2c(c1)NCC2)N1CCN(c2cc(C(F)(F)F)cc(Cl)n2)CC1. The van der Waals surface area contributed by atoms with Crippen molar-refractivity contribution >= 4 is 33.1 Å². The maximum Gasteiger partial charge on any atom is 0.416 e. The molecule has 2 aliphatic heterocycles. The monoisotopic (exact) mass is 446 g/mol. The number of hydrogen-bond acceptors (Lipinski definition) is 5. The third-order valence-electron chi connectivity index (χ3n) is 5.10. The number of sulfonamides is 1. The summed E-state index contributed by atoms with van der Waals surface area (Å²) in [6.07, 6.45) is -3.67. The lowest BCUT2D eigenvalue weighted by Crippen LogP contribution is -2.49. The van der Waals surface area contributed by atoms with Crippen LogP contribution in [0, 0.1) is 0 Å². The van der Waals surface area contributed by atoms with Crippen molar-refractivity contribution in [3.8, 4) is 0 Å². The average Bonchev–Trinajstić information content (AvgIpc) is 3.15. The van der Waals surface area contributed by atoms with E-state index in [1.165, 1.54) is 4.31 Å². The van der Waals surface area contributed by atoms with E-state index in [2.05, 4.69) is 10.3 Å². The third-order valence-corrected chi connectivity index (χ3v) is 7.19. The maximum absolute atomic E-state index is 13.0. The van der Waals surface area contributed by atoms with E-state index in [0.717, 1.165) is 36.3 Å². The molecule has 0 spiro atoms. The van der Waals surface area contributed by atoms with Crippen LogP contribution in [0.15, 0.2) is 35.2 Å². The molecule has 1 saturated heterocycles. The Labute approximate surface area is 171 Å². The molecule has 4 rings (SSSR count). The summed E-state index contributed by atoms with van der Waals surface area (Å²) in [5.41, 5.74) is 1.03. The normalized spacial score (nSPS) is 17.9. The van der Waals surface area contributed by atoms with Crippen molar-refractivity contribution in [2.75, 3.05) is 42.9 Å². The lowest BCUT2D eigenvalue weighted by Gasteiger charge is -2.35. The summed E-state index contributed by atoms with van der Waals surface area (Å²) in [5, 5.41) is 2.91. The highest BCUT2D eigenvalue weighted by molar-refractivity contribution is 7.89. The van der Waals surface area contributed by atoms with E-state index in [4.69, 9.17) is 11.6 Å². The average molecular weight is 447 g/mol. The Morgan fingerprint density at radius 1 is 1.07 bits per heavy atom.